The highest BCUT2D eigenvalue weighted by Crippen LogP contribution is 2.34. The molecule has 1 saturated carbocycles. The SMILES string of the molecule is C/C=C\O[C@@H]1[C@H](OCc2ccccc2)[C@H](OCc2ccccc2)[C@@H](OCc2ccccc2)[C@H](O)[C@H]1OCc1ccccc1. The van der Waals surface area contributed by atoms with Gasteiger partial charge in [0.2, 0.25) is 0 Å². The maximum Gasteiger partial charge on any atom is 0.155 e. The van der Waals surface area contributed by atoms with Crippen LogP contribution in [0.3, 0.4) is 0 Å². The van der Waals surface area contributed by atoms with Crippen LogP contribution in [0.1, 0.15) is 29.2 Å². The predicted octanol–water partition coefficient (Wildman–Crippen LogP) is 6.62. The van der Waals surface area contributed by atoms with Crippen molar-refractivity contribution in [2.75, 3.05) is 0 Å². The van der Waals surface area contributed by atoms with E-state index in [1.54, 1.807) is 6.26 Å². The first-order valence-corrected chi connectivity index (χ1v) is 14.8. The van der Waals surface area contributed by atoms with Gasteiger partial charge in [-0.25, -0.2) is 0 Å². The van der Waals surface area contributed by atoms with Crippen molar-refractivity contribution in [3.05, 3.63) is 156 Å². The van der Waals surface area contributed by atoms with Crippen molar-refractivity contribution >= 4 is 0 Å². The van der Waals surface area contributed by atoms with Crippen LogP contribution in [0.25, 0.3) is 0 Å². The summed E-state index contributed by atoms with van der Waals surface area (Å²) in [5.41, 5.74) is 4.01. The van der Waals surface area contributed by atoms with Gasteiger partial charge in [0.15, 0.2) is 6.10 Å². The zero-order valence-electron chi connectivity index (χ0n) is 24.5. The third-order valence-corrected chi connectivity index (χ3v) is 7.48. The average Bonchev–Trinajstić information content (AvgIpc) is 3.06. The Balaban J connectivity index is 1.47. The van der Waals surface area contributed by atoms with E-state index in [1.165, 1.54) is 0 Å². The second-order valence-electron chi connectivity index (χ2n) is 10.6. The molecule has 0 heterocycles. The molecule has 5 rings (SSSR count). The van der Waals surface area contributed by atoms with E-state index < -0.39 is 36.6 Å². The normalized spacial score (nSPS) is 23.8. The summed E-state index contributed by atoms with van der Waals surface area (Å²) in [6.07, 6.45) is -1.08. The van der Waals surface area contributed by atoms with E-state index in [2.05, 4.69) is 0 Å². The zero-order valence-corrected chi connectivity index (χ0v) is 24.5. The maximum atomic E-state index is 11.9. The summed E-state index contributed by atoms with van der Waals surface area (Å²) in [4.78, 5) is 0. The van der Waals surface area contributed by atoms with Crippen LogP contribution >= 0.6 is 0 Å². The molecule has 224 valence electrons. The first kappa shape index (κ1) is 30.7. The second kappa shape index (κ2) is 16.2. The number of hydrogen-bond acceptors (Lipinski definition) is 6. The summed E-state index contributed by atoms with van der Waals surface area (Å²) < 4.78 is 32.4. The Hall–Kier alpha value is -3.78. The van der Waals surface area contributed by atoms with Gasteiger partial charge in [-0.3, -0.25) is 0 Å². The van der Waals surface area contributed by atoms with E-state index in [9.17, 15) is 5.11 Å². The molecule has 0 unspecified atom stereocenters. The summed E-state index contributed by atoms with van der Waals surface area (Å²) in [5.74, 6) is 0. The Morgan fingerprint density at radius 3 is 1.12 bits per heavy atom. The molecule has 6 heteroatoms. The number of aliphatic hydroxyl groups is 1. The van der Waals surface area contributed by atoms with Crippen LogP contribution in [-0.4, -0.2) is 41.7 Å². The third-order valence-electron chi connectivity index (χ3n) is 7.48. The molecule has 4 aromatic rings. The Labute approximate surface area is 254 Å². The standard InChI is InChI=1S/C37H40O6/c1-2-23-39-35-33(40-24-28-15-7-3-8-16-28)32(38)34(41-25-29-17-9-4-10-18-29)36(42-26-30-19-11-5-12-20-30)37(35)43-27-31-21-13-6-14-22-31/h2-23,32-38H,24-27H2,1H3/b23-2-/t32-,33-,34+,35+,36-,37+/m1/s1. The highest BCUT2D eigenvalue weighted by atomic mass is 16.6. The highest BCUT2D eigenvalue weighted by Gasteiger charge is 2.54. The maximum absolute atomic E-state index is 11.9. The van der Waals surface area contributed by atoms with Gasteiger partial charge in [0.05, 0.1) is 32.7 Å². The van der Waals surface area contributed by atoms with Gasteiger partial charge in [-0.1, -0.05) is 127 Å². The van der Waals surface area contributed by atoms with Gasteiger partial charge < -0.3 is 28.8 Å². The molecular weight excluding hydrogens is 540 g/mol. The number of rotatable bonds is 14. The molecule has 1 fully saturated rings. The van der Waals surface area contributed by atoms with Crippen LogP contribution in [-0.2, 0) is 50.1 Å². The fraction of sp³-hybridized carbons (Fsp3) is 0.297. The lowest BCUT2D eigenvalue weighted by Gasteiger charge is -2.48. The van der Waals surface area contributed by atoms with Gasteiger partial charge in [-0.15, -0.1) is 0 Å². The van der Waals surface area contributed by atoms with Crippen LogP contribution < -0.4 is 0 Å². The van der Waals surface area contributed by atoms with Crippen molar-refractivity contribution in [1.82, 2.24) is 0 Å². The van der Waals surface area contributed by atoms with Gasteiger partial charge in [0.25, 0.3) is 0 Å². The fourth-order valence-corrected chi connectivity index (χ4v) is 5.29. The molecule has 1 aliphatic carbocycles. The largest absolute Gasteiger partial charge is 0.493 e. The van der Waals surface area contributed by atoms with Crippen molar-refractivity contribution in [3.8, 4) is 0 Å². The molecule has 1 N–H and O–H groups in total. The molecule has 4 aromatic carbocycles. The van der Waals surface area contributed by atoms with Gasteiger partial charge >= 0.3 is 0 Å². The summed E-state index contributed by atoms with van der Waals surface area (Å²) in [7, 11) is 0. The van der Waals surface area contributed by atoms with Crippen molar-refractivity contribution in [2.24, 2.45) is 0 Å². The van der Waals surface area contributed by atoms with Crippen LogP contribution in [0.15, 0.2) is 134 Å². The van der Waals surface area contributed by atoms with Crippen LogP contribution in [0.2, 0.25) is 0 Å². The van der Waals surface area contributed by atoms with Crippen molar-refractivity contribution in [1.29, 1.82) is 0 Å². The van der Waals surface area contributed by atoms with Crippen LogP contribution in [0.4, 0.5) is 0 Å². The van der Waals surface area contributed by atoms with Gasteiger partial charge in [-0.2, -0.15) is 0 Å². The van der Waals surface area contributed by atoms with E-state index in [1.807, 2.05) is 134 Å². The lowest BCUT2D eigenvalue weighted by atomic mass is 9.83. The molecule has 43 heavy (non-hydrogen) atoms. The molecule has 6 atom stereocenters. The average molecular weight is 581 g/mol. The smallest absolute Gasteiger partial charge is 0.155 e. The quantitative estimate of drug-likeness (QED) is 0.169. The topological polar surface area (TPSA) is 66.4 Å². The fourth-order valence-electron chi connectivity index (χ4n) is 5.29. The monoisotopic (exact) mass is 580 g/mol. The minimum atomic E-state index is -1.06. The van der Waals surface area contributed by atoms with E-state index in [0.717, 1.165) is 22.3 Å². The van der Waals surface area contributed by atoms with Crippen molar-refractivity contribution < 1.29 is 28.8 Å². The molecule has 0 saturated heterocycles. The zero-order chi connectivity index (χ0) is 29.7. The van der Waals surface area contributed by atoms with E-state index in [-0.39, 0.29) is 0 Å². The summed E-state index contributed by atoms with van der Waals surface area (Å²) >= 11 is 0. The lowest BCUT2D eigenvalue weighted by molar-refractivity contribution is -0.273. The van der Waals surface area contributed by atoms with E-state index >= 15 is 0 Å². The Morgan fingerprint density at radius 2 is 0.767 bits per heavy atom. The summed E-state index contributed by atoms with van der Waals surface area (Å²) in [5, 5.41) is 11.9. The van der Waals surface area contributed by atoms with Crippen molar-refractivity contribution in [2.45, 2.75) is 70.0 Å². The second-order valence-corrected chi connectivity index (χ2v) is 10.6. The third kappa shape index (κ3) is 8.63. The minimum Gasteiger partial charge on any atom is -0.493 e. The first-order valence-electron chi connectivity index (χ1n) is 14.8. The molecule has 6 nitrogen and oxygen atoms in total. The molecule has 0 aromatic heterocycles. The van der Waals surface area contributed by atoms with Crippen LogP contribution in [0.5, 0.6) is 0 Å². The number of aliphatic hydroxyl groups excluding tert-OH is 1. The van der Waals surface area contributed by atoms with Gasteiger partial charge in [0, 0.05) is 0 Å². The Bertz CT molecular complexity index is 1350. The number of benzene rings is 4. The Morgan fingerprint density at radius 1 is 0.465 bits per heavy atom. The van der Waals surface area contributed by atoms with E-state index in [0.29, 0.717) is 26.4 Å². The molecule has 0 aliphatic heterocycles. The molecule has 1 aliphatic rings. The van der Waals surface area contributed by atoms with Gasteiger partial charge in [0.1, 0.15) is 30.5 Å². The Kier molecular flexibility index (Phi) is 11.5. The summed E-state index contributed by atoms with van der Waals surface area (Å²) in [6.45, 7) is 3.13. The highest BCUT2D eigenvalue weighted by molar-refractivity contribution is 5.17. The molecular formula is C37H40O6. The predicted molar refractivity (Wildman–Crippen MR) is 166 cm³/mol. The minimum absolute atomic E-state index is 0.296. The number of ether oxygens (including phenoxy) is 5. The lowest BCUT2D eigenvalue weighted by Crippen LogP contribution is -2.66. The van der Waals surface area contributed by atoms with Crippen LogP contribution in [0, 0.1) is 0 Å². The number of allylic oxidation sites excluding steroid dienone is 1. The van der Waals surface area contributed by atoms with Crippen molar-refractivity contribution in [3.63, 3.8) is 0 Å². The summed E-state index contributed by atoms with van der Waals surface area (Å²) in [6, 6.07) is 39.7. The van der Waals surface area contributed by atoms with Gasteiger partial charge in [-0.05, 0) is 29.2 Å². The molecule has 0 bridgehead atoms. The molecule has 0 spiro atoms. The molecule has 0 amide bonds. The number of hydrogen-bond donors (Lipinski definition) is 1. The first-order chi connectivity index (χ1) is 21.2. The molecule has 0 radical (unpaired) electrons. The van der Waals surface area contributed by atoms with E-state index in [4.69, 9.17) is 23.7 Å².